The zero-order valence-electron chi connectivity index (χ0n) is 20.4. The average molecular weight is 465 g/mol. The molecule has 34 heavy (non-hydrogen) atoms. The summed E-state index contributed by atoms with van der Waals surface area (Å²) < 4.78 is 5.72. The fourth-order valence-electron chi connectivity index (χ4n) is 5.37. The van der Waals surface area contributed by atoms with Gasteiger partial charge in [0.1, 0.15) is 0 Å². The first kappa shape index (κ1) is 24.2. The van der Waals surface area contributed by atoms with Crippen LogP contribution in [0.15, 0.2) is 48.7 Å². The Balaban J connectivity index is 1.65. The van der Waals surface area contributed by atoms with Crippen LogP contribution in [0.1, 0.15) is 51.5 Å². The maximum absolute atomic E-state index is 13.4. The molecule has 2 aliphatic rings. The fourth-order valence-corrected chi connectivity index (χ4v) is 5.37. The molecule has 2 amide bonds. The van der Waals surface area contributed by atoms with Crippen LogP contribution in [-0.2, 0) is 16.1 Å². The van der Waals surface area contributed by atoms with Crippen LogP contribution in [-0.4, -0.2) is 64.9 Å². The molecule has 3 heterocycles. The van der Waals surface area contributed by atoms with E-state index in [4.69, 9.17) is 4.74 Å². The Bertz CT molecular complexity index is 967. The Morgan fingerprint density at radius 2 is 1.79 bits per heavy atom. The minimum absolute atomic E-state index is 0.0565. The Kier molecular flexibility index (Phi) is 8.16. The van der Waals surface area contributed by atoms with Gasteiger partial charge in [-0.25, -0.2) is 4.98 Å². The highest BCUT2D eigenvalue weighted by atomic mass is 16.5. The predicted molar refractivity (Wildman–Crippen MR) is 133 cm³/mol. The van der Waals surface area contributed by atoms with Crippen LogP contribution in [0, 0.1) is 0 Å². The third kappa shape index (κ3) is 5.58. The van der Waals surface area contributed by atoms with Crippen molar-refractivity contribution in [2.75, 3.05) is 31.1 Å². The topological polar surface area (TPSA) is 66.0 Å². The molecule has 7 heteroatoms. The van der Waals surface area contributed by atoms with Gasteiger partial charge in [-0.3, -0.25) is 14.5 Å². The number of hydrogen-bond donors (Lipinski definition) is 0. The molecule has 2 aromatic rings. The maximum Gasteiger partial charge on any atom is 0.260 e. The summed E-state index contributed by atoms with van der Waals surface area (Å²) >= 11 is 0. The third-order valence-corrected chi connectivity index (χ3v) is 7.08. The fraction of sp³-hybridized carbons (Fsp3) is 0.519. The summed E-state index contributed by atoms with van der Waals surface area (Å²) in [6, 6.07) is 14.2. The van der Waals surface area contributed by atoms with Crippen molar-refractivity contribution in [1.82, 2.24) is 14.8 Å². The van der Waals surface area contributed by atoms with E-state index in [-0.39, 0.29) is 18.4 Å². The molecule has 0 radical (unpaired) electrons. The number of anilines is 1. The number of ether oxygens (including phenoxy) is 1. The molecule has 1 fully saturated rings. The molecule has 4 rings (SSSR count). The van der Waals surface area contributed by atoms with Gasteiger partial charge >= 0.3 is 0 Å². The minimum atomic E-state index is -0.0637. The molecule has 2 aliphatic heterocycles. The van der Waals surface area contributed by atoms with E-state index in [0.717, 1.165) is 43.5 Å². The SMILES string of the molecule is CCC(=O)N1CCC2CCCC(CN(C(=O)COc3ccccn3)Cc3ccccc31)N2CC. The van der Waals surface area contributed by atoms with Crippen molar-refractivity contribution in [3.63, 3.8) is 0 Å². The van der Waals surface area contributed by atoms with Gasteiger partial charge in [0.05, 0.1) is 0 Å². The van der Waals surface area contributed by atoms with Crippen molar-refractivity contribution in [1.29, 1.82) is 0 Å². The predicted octanol–water partition coefficient (Wildman–Crippen LogP) is 3.88. The summed E-state index contributed by atoms with van der Waals surface area (Å²) in [5.41, 5.74) is 1.91. The summed E-state index contributed by atoms with van der Waals surface area (Å²) in [7, 11) is 0. The van der Waals surface area contributed by atoms with Gasteiger partial charge in [0.15, 0.2) is 6.61 Å². The standard InChI is InChI=1S/C27H36N4O3/c1-3-26(32)31-17-15-22-11-9-12-23(30(22)4-2)19-29(18-21-10-5-6-13-24(21)31)27(33)20-34-25-14-7-8-16-28-25/h5-8,10,13-14,16,22-23H,3-4,9,11-12,15,17-20H2,1-2H3. The van der Waals surface area contributed by atoms with E-state index in [1.165, 1.54) is 0 Å². The molecule has 0 N–H and O–H groups in total. The van der Waals surface area contributed by atoms with Crippen molar-refractivity contribution in [2.24, 2.45) is 0 Å². The van der Waals surface area contributed by atoms with Gasteiger partial charge in [0, 0.05) is 56.1 Å². The van der Waals surface area contributed by atoms with Gasteiger partial charge in [0.25, 0.3) is 5.91 Å². The molecule has 7 nitrogen and oxygen atoms in total. The van der Waals surface area contributed by atoms with E-state index in [2.05, 4.69) is 16.8 Å². The number of piperidine rings is 1. The molecule has 0 saturated carbocycles. The Morgan fingerprint density at radius 3 is 2.56 bits per heavy atom. The van der Waals surface area contributed by atoms with Crippen LogP contribution in [0.3, 0.4) is 0 Å². The van der Waals surface area contributed by atoms with E-state index < -0.39 is 0 Å². The molecule has 0 aliphatic carbocycles. The number of pyridine rings is 1. The first-order valence-electron chi connectivity index (χ1n) is 12.6. The quantitative estimate of drug-likeness (QED) is 0.672. The molecule has 182 valence electrons. The lowest BCUT2D eigenvalue weighted by atomic mass is 9.93. The van der Waals surface area contributed by atoms with Crippen molar-refractivity contribution in [3.05, 3.63) is 54.2 Å². The number of amides is 2. The van der Waals surface area contributed by atoms with Gasteiger partial charge in [0.2, 0.25) is 11.8 Å². The van der Waals surface area contributed by atoms with Crippen LogP contribution >= 0.6 is 0 Å². The normalized spacial score (nSPS) is 21.4. The van der Waals surface area contributed by atoms with Crippen LogP contribution in [0.25, 0.3) is 0 Å². The zero-order chi connectivity index (χ0) is 23.9. The van der Waals surface area contributed by atoms with E-state index in [1.807, 2.05) is 53.1 Å². The lowest BCUT2D eigenvalue weighted by Gasteiger charge is -2.43. The van der Waals surface area contributed by atoms with Crippen molar-refractivity contribution in [3.8, 4) is 5.88 Å². The van der Waals surface area contributed by atoms with Gasteiger partial charge < -0.3 is 14.5 Å². The Morgan fingerprint density at radius 1 is 1.00 bits per heavy atom. The first-order valence-corrected chi connectivity index (χ1v) is 12.6. The van der Waals surface area contributed by atoms with Crippen LogP contribution in [0.2, 0.25) is 0 Å². The molecule has 1 aromatic heterocycles. The molecule has 2 unspecified atom stereocenters. The Labute approximate surface area is 202 Å². The Hall–Kier alpha value is -2.93. The molecule has 1 aromatic carbocycles. The number of para-hydroxylation sites is 1. The summed E-state index contributed by atoms with van der Waals surface area (Å²) in [6.45, 7) is 6.81. The molecule has 2 atom stereocenters. The van der Waals surface area contributed by atoms with E-state index in [0.29, 0.717) is 44.0 Å². The number of rotatable bonds is 5. The smallest absolute Gasteiger partial charge is 0.260 e. The number of fused-ring (bicyclic) bond motifs is 3. The van der Waals surface area contributed by atoms with Gasteiger partial charge in [-0.2, -0.15) is 0 Å². The number of benzene rings is 1. The maximum atomic E-state index is 13.4. The number of carbonyl (C=O) groups is 2. The molecular weight excluding hydrogens is 428 g/mol. The van der Waals surface area contributed by atoms with Crippen LogP contribution in [0.5, 0.6) is 5.88 Å². The second-order valence-corrected chi connectivity index (χ2v) is 9.12. The third-order valence-electron chi connectivity index (χ3n) is 7.08. The summed E-state index contributed by atoms with van der Waals surface area (Å²) in [5.74, 6) is 0.506. The zero-order valence-corrected chi connectivity index (χ0v) is 20.4. The highest BCUT2D eigenvalue weighted by molar-refractivity contribution is 5.94. The number of hydrogen-bond acceptors (Lipinski definition) is 5. The molecule has 1 saturated heterocycles. The first-order chi connectivity index (χ1) is 16.6. The van der Waals surface area contributed by atoms with Gasteiger partial charge in [-0.1, -0.05) is 44.5 Å². The van der Waals surface area contributed by atoms with Crippen molar-refractivity contribution >= 4 is 17.5 Å². The lowest BCUT2D eigenvalue weighted by Crippen LogP contribution is -2.53. The number of aromatic nitrogens is 1. The van der Waals surface area contributed by atoms with Crippen LogP contribution < -0.4 is 9.64 Å². The molecular formula is C27H36N4O3. The monoisotopic (exact) mass is 464 g/mol. The summed E-state index contributed by atoms with van der Waals surface area (Å²) in [6.07, 6.45) is 6.42. The van der Waals surface area contributed by atoms with Crippen molar-refractivity contribution < 1.29 is 14.3 Å². The average Bonchev–Trinajstić information content (AvgIpc) is 2.89. The summed E-state index contributed by atoms with van der Waals surface area (Å²) in [5, 5.41) is 0. The van der Waals surface area contributed by atoms with E-state index in [1.54, 1.807) is 12.3 Å². The number of nitrogens with zero attached hydrogens (tertiary/aromatic N) is 4. The largest absolute Gasteiger partial charge is 0.468 e. The van der Waals surface area contributed by atoms with E-state index >= 15 is 0 Å². The number of carbonyl (C=O) groups excluding carboxylic acids is 2. The van der Waals surface area contributed by atoms with E-state index in [9.17, 15) is 9.59 Å². The van der Waals surface area contributed by atoms with Gasteiger partial charge in [-0.15, -0.1) is 0 Å². The minimum Gasteiger partial charge on any atom is -0.468 e. The van der Waals surface area contributed by atoms with Crippen molar-refractivity contribution in [2.45, 2.75) is 64.6 Å². The lowest BCUT2D eigenvalue weighted by molar-refractivity contribution is -0.135. The highest BCUT2D eigenvalue weighted by Gasteiger charge is 2.34. The van der Waals surface area contributed by atoms with Crippen LogP contribution in [0.4, 0.5) is 5.69 Å². The number of likely N-dealkylation sites (N-methyl/N-ethyl adjacent to an activating group) is 1. The molecule has 2 bridgehead atoms. The van der Waals surface area contributed by atoms with Gasteiger partial charge in [-0.05, 0) is 43.5 Å². The second kappa shape index (κ2) is 11.5. The second-order valence-electron chi connectivity index (χ2n) is 9.12. The summed E-state index contributed by atoms with van der Waals surface area (Å²) in [4.78, 5) is 37.0. The molecule has 0 spiro atoms. The highest BCUT2D eigenvalue weighted by Crippen LogP contribution is 2.30.